The molecule has 3 heterocycles. The maximum absolute atomic E-state index is 4.90. The van der Waals surface area contributed by atoms with Crippen LogP contribution in [-0.2, 0) is 6.54 Å². The van der Waals surface area contributed by atoms with Crippen molar-refractivity contribution in [3.05, 3.63) is 60.0 Å². The molecule has 0 aliphatic carbocycles. The van der Waals surface area contributed by atoms with Crippen LogP contribution in [0.5, 0.6) is 0 Å². The van der Waals surface area contributed by atoms with Crippen molar-refractivity contribution < 1.29 is 0 Å². The highest BCUT2D eigenvalue weighted by Gasteiger charge is 2.26. The SMILES string of the molecule is CN1CCC(c2nc3cccnc3n2Cc2ccccc2)C1. The Kier molecular flexibility index (Phi) is 3.39. The topological polar surface area (TPSA) is 34.0 Å². The van der Waals surface area contributed by atoms with Gasteiger partial charge in [-0.15, -0.1) is 0 Å². The molecule has 1 aliphatic rings. The van der Waals surface area contributed by atoms with Crippen LogP contribution in [0.4, 0.5) is 0 Å². The molecular weight excluding hydrogens is 272 g/mol. The summed E-state index contributed by atoms with van der Waals surface area (Å²) in [5.41, 5.74) is 3.29. The maximum Gasteiger partial charge on any atom is 0.160 e. The lowest BCUT2D eigenvalue weighted by Crippen LogP contribution is -2.16. The number of aromatic nitrogens is 3. The number of likely N-dealkylation sites (N-methyl/N-ethyl adjacent to an activating group) is 1. The number of hydrogen-bond acceptors (Lipinski definition) is 3. The first-order valence-corrected chi connectivity index (χ1v) is 7.85. The quantitative estimate of drug-likeness (QED) is 0.744. The Hall–Kier alpha value is -2.20. The normalized spacial score (nSPS) is 19.0. The second-order valence-electron chi connectivity index (χ2n) is 6.14. The minimum Gasteiger partial charge on any atom is -0.308 e. The summed E-state index contributed by atoms with van der Waals surface area (Å²) in [6, 6.07) is 14.6. The van der Waals surface area contributed by atoms with Crippen molar-refractivity contribution in [1.82, 2.24) is 19.4 Å². The Bertz CT molecular complexity index is 778. The van der Waals surface area contributed by atoms with E-state index in [9.17, 15) is 0 Å². The third-order valence-corrected chi connectivity index (χ3v) is 4.47. The summed E-state index contributed by atoms with van der Waals surface area (Å²) in [5.74, 6) is 1.69. The number of hydrogen-bond donors (Lipinski definition) is 0. The molecule has 0 amide bonds. The highest BCUT2D eigenvalue weighted by atomic mass is 15.2. The first-order chi connectivity index (χ1) is 10.8. The van der Waals surface area contributed by atoms with E-state index in [2.05, 4.69) is 57.9 Å². The smallest absolute Gasteiger partial charge is 0.160 e. The largest absolute Gasteiger partial charge is 0.308 e. The van der Waals surface area contributed by atoms with Gasteiger partial charge in [0.05, 0.1) is 6.54 Å². The predicted molar refractivity (Wildman–Crippen MR) is 87.9 cm³/mol. The van der Waals surface area contributed by atoms with Gasteiger partial charge in [-0.2, -0.15) is 0 Å². The average molecular weight is 292 g/mol. The van der Waals surface area contributed by atoms with Crippen LogP contribution in [0.25, 0.3) is 11.2 Å². The average Bonchev–Trinajstić information content (AvgIpc) is 3.13. The summed E-state index contributed by atoms with van der Waals surface area (Å²) in [6.45, 7) is 3.06. The van der Waals surface area contributed by atoms with Gasteiger partial charge in [0, 0.05) is 18.7 Å². The van der Waals surface area contributed by atoms with Gasteiger partial charge in [0.2, 0.25) is 0 Å². The summed E-state index contributed by atoms with van der Waals surface area (Å²) in [5, 5.41) is 0. The van der Waals surface area contributed by atoms with Crippen molar-refractivity contribution in [1.29, 1.82) is 0 Å². The molecule has 0 saturated carbocycles. The number of imidazole rings is 1. The molecule has 3 aromatic rings. The monoisotopic (exact) mass is 292 g/mol. The first-order valence-electron chi connectivity index (χ1n) is 7.85. The lowest BCUT2D eigenvalue weighted by Gasteiger charge is -2.14. The van der Waals surface area contributed by atoms with Crippen LogP contribution in [0.1, 0.15) is 23.7 Å². The van der Waals surface area contributed by atoms with Gasteiger partial charge in [-0.05, 0) is 37.7 Å². The lowest BCUT2D eigenvalue weighted by molar-refractivity contribution is 0.408. The summed E-state index contributed by atoms with van der Waals surface area (Å²) < 4.78 is 2.30. The van der Waals surface area contributed by atoms with E-state index in [4.69, 9.17) is 4.98 Å². The van der Waals surface area contributed by atoms with Gasteiger partial charge in [0.15, 0.2) is 5.65 Å². The van der Waals surface area contributed by atoms with Crippen LogP contribution in [0.2, 0.25) is 0 Å². The molecule has 0 radical (unpaired) electrons. The molecular formula is C18H20N4. The molecule has 2 aromatic heterocycles. The van der Waals surface area contributed by atoms with Crippen LogP contribution >= 0.6 is 0 Å². The van der Waals surface area contributed by atoms with Crippen molar-refractivity contribution in [2.24, 2.45) is 0 Å². The van der Waals surface area contributed by atoms with E-state index in [0.717, 1.165) is 30.8 Å². The third kappa shape index (κ3) is 2.40. The molecule has 1 aliphatic heterocycles. The Morgan fingerprint density at radius 2 is 2.00 bits per heavy atom. The molecule has 0 N–H and O–H groups in total. The van der Waals surface area contributed by atoms with E-state index in [1.807, 2.05) is 12.3 Å². The molecule has 1 atom stereocenters. The van der Waals surface area contributed by atoms with E-state index in [0.29, 0.717) is 5.92 Å². The number of pyridine rings is 1. The zero-order valence-corrected chi connectivity index (χ0v) is 12.8. The molecule has 112 valence electrons. The molecule has 1 unspecified atom stereocenters. The Morgan fingerprint density at radius 1 is 1.14 bits per heavy atom. The molecule has 4 nitrogen and oxygen atoms in total. The molecule has 1 aromatic carbocycles. The molecule has 0 spiro atoms. The van der Waals surface area contributed by atoms with E-state index in [1.165, 1.54) is 17.8 Å². The van der Waals surface area contributed by atoms with E-state index in [-0.39, 0.29) is 0 Å². The van der Waals surface area contributed by atoms with E-state index < -0.39 is 0 Å². The van der Waals surface area contributed by atoms with E-state index in [1.54, 1.807) is 0 Å². The minimum absolute atomic E-state index is 0.503. The molecule has 1 fully saturated rings. The Morgan fingerprint density at radius 3 is 2.77 bits per heavy atom. The van der Waals surface area contributed by atoms with Crippen LogP contribution in [0.15, 0.2) is 48.7 Å². The fourth-order valence-corrected chi connectivity index (χ4v) is 3.36. The highest BCUT2D eigenvalue weighted by molar-refractivity contribution is 5.71. The number of fused-ring (bicyclic) bond motifs is 1. The second kappa shape index (κ2) is 5.54. The summed E-state index contributed by atoms with van der Waals surface area (Å²) in [6.07, 6.45) is 3.03. The molecule has 22 heavy (non-hydrogen) atoms. The molecule has 1 saturated heterocycles. The Balaban J connectivity index is 1.80. The molecule has 4 heteroatoms. The first kappa shape index (κ1) is 13.5. The van der Waals surface area contributed by atoms with Crippen LogP contribution < -0.4 is 0 Å². The van der Waals surface area contributed by atoms with Gasteiger partial charge in [-0.25, -0.2) is 9.97 Å². The Labute approximate surface area is 130 Å². The van der Waals surface area contributed by atoms with Crippen LogP contribution in [0.3, 0.4) is 0 Å². The number of rotatable bonds is 3. The van der Waals surface area contributed by atoms with Crippen molar-refractivity contribution in [2.45, 2.75) is 18.9 Å². The maximum atomic E-state index is 4.90. The van der Waals surface area contributed by atoms with Crippen molar-refractivity contribution in [2.75, 3.05) is 20.1 Å². The number of benzene rings is 1. The van der Waals surface area contributed by atoms with Gasteiger partial charge in [0.1, 0.15) is 11.3 Å². The van der Waals surface area contributed by atoms with Gasteiger partial charge in [-0.3, -0.25) is 0 Å². The van der Waals surface area contributed by atoms with Crippen molar-refractivity contribution >= 4 is 11.2 Å². The summed E-state index contributed by atoms with van der Waals surface area (Å²) in [7, 11) is 2.18. The lowest BCUT2D eigenvalue weighted by atomic mass is 10.1. The standard InChI is InChI=1S/C18H20N4/c1-21-11-9-15(13-21)17-20-16-8-5-10-19-18(16)22(17)12-14-6-3-2-4-7-14/h2-8,10,15H,9,11-13H2,1H3. The second-order valence-corrected chi connectivity index (χ2v) is 6.14. The zero-order valence-electron chi connectivity index (χ0n) is 12.8. The molecule has 4 rings (SSSR count). The zero-order chi connectivity index (χ0) is 14.9. The van der Waals surface area contributed by atoms with Gasteiger partial charge < -0.3 is 9.47 Å². The van der Waals surface area contributed by atoms with Crippen molar-refractivity contribution in [3.8, 4) is 0 Å². The fourth-order valence-electron chi connectivity index (χ4n) is 3.36. The highest BCUT2D eigenvalue weighted by Crippen LogP contribution is 2.28. The fraction of sp³-hybridized carbons (Fsp3) is 0.333. The summed E-state index contributed by atoms with van der Waals surface area (Å²) in [4.78, 5) is 11.9. The van der Waals surface area contributed by atoms with Gasteiger partial charge in [-0.1, -0.05) is 30.3 Å². The molecule has 0 bridgehead atoms. The van der Waals surface area contributed by atoms with Gasteiger partial charge in [0.25, 0.3) is 0 Å². The predicted octanol–water partition coefficient (Wildman–Crippen LogP) is 2.90. The van der Waals surface area contributed by atoms with E-state index >= 15 is 0 Å². The van der Waals surface area contributed by atoms with Gasteiger partial charge >= 0.3 is 0 Å². The number of likely N-dealkylation sites (tertiary alicyclic amines) is 1. The van der Waals surface area contributed by atoms with Crippen molar-refractivity contribution in [3.63, 3.8) is 0 Å². The van der Waals surface area contributed by atoms with Crippen LogP contribution in [-0.4, -0.2) is 39.6 Å². The summed E-state index contributed by atoms with van der Waals surface area (Å²) >= 11 is 0. The third-order valence-electron chi connectivity index (χ3n) is 4.47. The van der Waals surface area contributed by atoms with Crippen LogP contribution in [0, 0.1) is 0 Å². The number of nitrogens with zero attached hydrogens (tertiary/aromatic N) is 4. The minimum atomic E-state index is 0.503.